The highest BCUT2D eigenvalue weighted by molar-refractivity contribution is 6.05. The van der Waals surface area contributed by atoms with Crippen LogP contribution in [0.3, 0.4) is 0 Å². The molecule has 0 aliphatic heterocycles. The lowest BCUT2D eigenvalue weighted by molar-refractivity contribution is -0.122. The summed E-state index contributed by atoms with van der Waals surface area (Å²) >= 11 is 0. The van der Waals surface area contributed by atoms with Crippen LogP contribution in [-0.4, -0.2) is 21.6 Å². The number of carbonyl (C=O) groups is 2. The zero-order chi connectivity index (χ0) is 19.8. The molecule has 2 amide bonds. The van der Waals surface area contributed by atoms with Crippen molar-refractivity contribution in [2.45, 2.75) is 65.3 Å². The lowest BCUT2D eigenvalue weighted by atomic mass is 10.1. The summed E-state index contributed by atoms with van der Waals surface area (Å²) in [6.45, 7) is 5.79. The number of amides is 2. The molecule has 0 aliphatic rings. The summed E-state index contributed by atoms with van der Waals surface area (Å²) in [6.07, 6.45) is 5.60. The van der Waals surface area contributed by atoms with Crippen LogP contribution in [0.1, 0.15) is 75.8 Å². The monoisotopic (exact) mass is 372 g/mol. The second kappa shape index (κ2) is 9.85. The van der Waals surface area contributed by atoms with Gasteiger partial charge < -0.3 is 0 Å². The number of fused-ring (bicyclic) bond motifs is 1. The number of hydrogen-bond donors (Lipinski definition) is 2. The van der Waals surface area contributed by atoms with Crippen molar-refractivity contribution in [3.63, 3.8) is 0 Å². The van der Waals surface area contributed by atoms with E-state index in [1.165, 1.54) is 11.1 Å². The van der Waals surface area contributed by atoms with Gasteiger partial charge in [-0.05, 0) is 26.3 Å². The number of rotatable bonds is 8. The quantitative estimate of drug-likeness (QED) is 0.550. The summed E-state index contributed by atoms with van der Waals surface area (Å²) in [5.74, 6) is -0.777. The van der Waals surface area contributed by atoms with E-state index in [-0.39, 0.29) is 23.2 Å². The van der Waals surface area contributed by atoms with Crippen molar-refractivity contribution in [2.24, 2.45) is 0 Å². The molecule has 0 fully saturated rings. The maximum Gasteiger partial charge on any atom is 0.290 e. The number of nitrogens with zero attached hydrogens (tertiary/aromatic N) is 2. The fraction of sp³-hybridized carbons (Fsp3) is 0.500. The van der Waals surface area contributed by atoms with E-state index in [1.807, 2.05) is 13.8 Å². The molecule has 7 heteroatoms. The van der Waals surface area contributed by atoms with Crippen molar-refractivity contribution in [3.8, 4) is 0 Å². The molecule has 0 bridgehead atoms. The molecular formula is C20H28N4O3. The van der Waals surface area contributed by atoms with Crippen molar-refractivity contribution in [1.29, 1.82) is 0 Å². The summed E-state index contributed by atoms with van der Waals surface area (Å²) in [5, 5.41) is 5.10. The van der Waals surface area contributed by atoms with E-state index in [4.69, 9.17) is 0 Å². The Kier molecular flexibility index (Phi) is 7.52. The fourth-order valence-electron chi connectivity index (χ4n) is 2.86. The van der Waals surface area contributed by atoms with Gasteiger partial charge in [-0.2, -0.15) is 5.10 Å². The molecule has 0 spiro atoms. The Bertz CT molecular complexity index is 858. The van der Waals surface area contributed by atoms with Gasteiger partial charge in [-0.25, -0.2) is 4.68 Å². The van der Waals surface area contributed by atoms with E-state index >= 15 is 0 Å². The number of hydrogen-bond acceptors (Lipinski definition) is 4. The van der Waals surface area contributed by atoms with Crippen LogP contribution >= 0.6 is 0 Å². The largest absolute Gasteiger partial charge is 0.290 e. The number of benzene rings is 1. The van der Waals surface area contributed by atoms with Crippen LogP contribution in [0.15, 0.2) is 29.1 Å². The first kappa shape index (κ1) is 20.6. The van der Waals surface area contributed by atoms with Gasteiger partial charge in [0.15, 0.2) is 5.69 Å². The number of carbonyl (C=O) groups excluding carboxylic acids is 2. The summed E-state index contributed by atoms with van der Waals surface area (Å²) in [5.41, 5.74) is 4.72. The third-order valence-corrected chi connectivity index (χ3v) is 4.36. The molecule has 146 valence electrons. The molecule has 0 atom stereocenters. The lowest BCUT2D eigenvalue weighted by Crippen LogP contribution is -2.42. The molecule has 0 aliphatic carbocycles. The Balaban J connectivity index is 2.08. The normalized spacial score (nSPS) is 11.0. The maximum atomic E-state index is 12.6. The van der Waals surface area contributed by atoms with Gasteiger partial charge in [-0.15, -0.1) is 0 Å². The van der Waals surface area contributed by atoms with Crippen LogP contribution in [0.2, 0.25) is 0 Å². The fourth-order valence-corrected chi connectivity index (χ4v) is 2.86. The molecular weight excluding hydrogens is 344 g/mol. The zero-order valence-corrected chi connectivity index (χ0v) is 16.2. The molecule has 0 unspecified atom stereocenters. The average Bonchev–Trinajstić information content (AvgIpc) is 2.66. The molecule has 2 aromatic rings. The van der Waals surface area contributed by atoms with Crippen LogP contribution in [0.5, 0.6) is 0 Å². The summed E-state index contributed by atoms with van der Waals surface area (Å²) in [4.78, 5) is 37.0. The first-order valence-corrected chi connectivity index (χ1v) is 9.56. The topological polar surface area (TPSA) is 93.1 Å². The summed E-state index contributed by atoms with van der Waals surface area (Å²) in [6, 6.07) is 6.65. The molecule has 0 saturated carbocycles. The third kappa shape index (κ3) is 5.39. The Morgan fingerprint density at radius 1 is 1.04 bits per heavy atom. The first-order chi connectivity index (χ1) is 13.0. The van der Waals surface area contributed by atoms with Gasteiger partial charge in [0.05, 0.1) is 11.4 Å². The first-order valence-electron chi connectivity index (χ1n) is 9.56. The predicted molar refractivity (Wildman–Crippen MR) is 105 cm³/mol. The van der Waals surface area contributed by atoms with Gasteiger partial charge in [0.2, 0.25) is 5.91 Å². The molecule has 27 heavy (non-hydrogen) atoms. The van der Waals surface area contributed by atoms with Crippen LogP contribution in [0, 0.1) is 0 Å². The Hall–Kier alpha value is -2.70. The number of nitrogens with one attached hydrogen (secondary N) is 2. The van der Waals surface area contributed by atoms with E-state index in [0.717, 1.165) is 25.7 Å². The minimum absolute atomic E-state index is 0.113. The smallest absolute Gasteiger partial charge is 0.273 e. The van der Waals surface area contributed by atoms with Crippen molar-refractivity contribution in [2.75, 3.05) is 0 Å². The van der Waals surface area contributed by atoms with Gasteiger partial charge >= 0.3 is 0 Å². The molecule has 2 N–H and O–H groups in total. The Morgan fingerprint density at radius 2 is 1.70 bits per heavy atom. The van der Waals surface area contributed by atoms with E-state index in [1.54, 1.807) is 24.3 Å². The molecule has 0 radical (unpaired) electrons. The number of aromatic nitrogens is 2. The highest BCUT2D eigenvalue weighted by Gasteiger charge is 2.18. The summed E-state index contributed by atoms with van der Waals surface area (Å²) < 4.78 is 1.28. The van der Waals surface area contributed by atoms with E-state index in [2.05, 4.69) is 22.9 Å². The maximum absolute atomic E-state index is 12.6. The highest BCUT2D eigenvalue weighted by Crippen LogP contribution is 2.14. The third-order valence-electron chi connectivity index (χ3n) is 4.36. The Morgan fingerprint density at radius 3 is 2.37 bits per heavy atom. The minimum atomic E-state index is -0.542. The Labute approximate surface area is 159 Å². The summed E-state index contributed by atoms with van der Waals surface area (Å²) in [7, 11) is 0. The predicted octanol–water partition coefficient (Wildman–Crippen LogP) is 3.10. The minimum Gasteiger partial charge on any atom is -0.273 e. The van der Waals surface area contributed by atoms with Crippen LogP contribution in [-0.2, 0) is 4.79 Å². The van der Waals surface area contributed by atoms with E-state index < -0.39 is 5.91 Å². The van der Waals surface area contributed by atoms with Crippen molar-refractivity contribution >= 4 is 22.6 Å². The van der Waals surface area contributed by atoms with Crippen LogP contribution < -0.4 is 16.4 Å². The van der Waals surface area contributed by atoms with Crippen molar-refractivity contribution in [3.05, 3.63) is 40.3 Å². The van der Waals surface area contributed by atoms with Gasteiger partial charge in [0.25, 0.3) is 11.5 Å². The molecule has 1 aromatic carbocycles. The SMILES string of the molecule is CCCCCCCC(=O)NNC(=O)c1nn(C(C)C)c(=O)c2ccccc12. The standard InChI is InChI=1S/C20H28N4O3/c1-4-5-6-7-8-13-17(25)21-22-19(26)18-15-11-9-10-12-16(15)20(27)24(23-18)14(2)3/h9-12,14H,4-8,13H2,1-3H3,(H,21,25)(H,22,26). The van der Waals surface area contributed by atoms with E-state index in [0.29, 0.717) is 17.2 Å². The molecule has 1 heterocycles. The highest BCUT2D eigenvalue weighted by atomic mass is 16.2. The zero-order valence-electron chi connectivity index (χ0n) is 16.2. The number of unbranched alkanes of at least 4 members (excludes halogenated alkanes) is 4. The van der Waals surface area contributed by atoms with Gasteiger partial charge in [-0.1, -0.05) is 50.8 Å². The molecule has 7 nitrogen and oxygen atoms in total. The van der Waals surface area contributed by atoms with Crippen molar-refractivity contribution < 1.29 is 9.59 Å². The van der Waals surface area contributed by atoms with Crippen molar-refractivity contribution in [1.82, 2.24) is 20.6 Å². The van der Waals surface area contributed by atoms with E-state index in [9.17, 15) is 14.4 Å². The van der Waals surface area contributed by atoms with Crippen LogP contribution in [0.25, 0.3) is 10.8 Å². The van der Waals surface area contributed by atoms with Gasteiger partial charge in [-0.3, -0.25) is 25.2 Å². The van der Waals surface area contributed by atoms with Crippen LogP contribution in [0.4, 0.5) is 0 Å². The average molecular weight is 372 g/mol. The molecule has 2 rings (SSSR count). The second-order valence-electron chi connectivity index (χ2n) is 6.90. The molecule has 1 aromatic heterocycles. The second-order valence-corrected chi connectivity index (χ2v) is 6.90. The van der Waals surface area contributed by atoms with Gasteiger partial charge in [0.1, 0.15) is 0 Å². The van der Waals surface area contributed by atoms with Gasteiger partial charge in [0, 0.05) is 11.8 Å². The lowest BCUT2D eigenvalue weighted by Gasteiger charge is -2.13. The number of hydrazine groups is 1. The molecule has 0 saturated heterocycles.